The number of hydrogen-bond donors (Lipinski definition) is 2. The summed E-state index contributed by atoms with van der Waals surface area (Å²) in [5.41, 5.74) is 3.07. The molecule has 2 nitrogen and oxygen atoms in total. The van der Waals surface area contributed by atoms with Gasteiger partial charge in [-0.15, -0.1) is 0 Å². The third kappa shape index (κ3) is 8.26. The van der Waals surface area contributed by atoms with Gasteiger partial charge < -0.3 is 0 Å². The Balaban J connectivity index is 1.85. The third-order valence-electron chi connectivity index (χ3n) is 5.05. The molecule has 1 rings (SSSR count). The van der Waals surface area contributed by atoms with E-state index in [9.17, 15) is 0 Å². The van der Waals surface area contributed by atoms with Gasteiger partial charge in [0.05, 0.1) is 0 Å². The number of nitrogens with two attached hydrogens (primary N) is 1. The average molecular weight is 283 g/mol. The van der Waals surface area contributed by atoms with Crippen LogP contribution in [0.5, 0.6) is 0 Å². The maximum atomic E-state index is 5.72. The highest BCUT2D eigenvalue weighted by molar-refractivity contribution is 4.78. The van der Waals surface area contributed by atoms with Crippen molar-refractivity contribution < 1.29 is 0 Å². The molecule has 1 unspecified atom stereocenters. The molecule has 0 aromatic heterocycles. The number of nitrogens with one attached hydrogen (secondary N) is 1. The lowest BCUT2D eigenvalue weighted by molar-refractivity contribution is 0.334. The van der Waals surface area contributed by atoms with E-state index in [2.05, 4.69) is 12.3 Å². The van der Waals surface area contributed by atoms with Gasteiger partial charge in [0.25, 0.3) is 0 Å². The van der Waals surface area contributed by atoms with Gasteiger partial charge in [0.2, 0.25) is 0 Å². The van der Waals surface area contributed by atoms with Gasteiger partial charge in [0.1, 0.15) is 0 Å². The summed E-state index contributed by atoms with van der Waals surface area (Å²) in [6, 6.07) is 0.589. The van der Waals surface area contributed by atoms with Crippen LogP contribution in [0, 0.1) is 5.92 Å². The summed E-state index contributed by atoms with van der Waals surface area (Å²) in [5, 5.41) is 0. The van der Waals surface area contributed by atoms with Crippen LogP contribution in [0.4, 0.5) is 0 Å². The summed E-state index contributed by atoms with van der Waals surface area (Å²) in [5.74, 6) is 6.58. The van der Waals surface area contributed by atoms with E-state index in [4.69, 9.17) is 5.84 Å². The van der Waals surface area contributed by atoms with E-state index in [0.29, 0.717) is 6.04 Å². The van der Waals surface area contributed by atoms with Crippen LogP contribution in [0.25, 0.3) is 0 Å². The van der Waals surface area contributed by atoms with E-state index in [1.165, 1.54) is 96.3 Å². The highest BCUT2D eigenvalue weighted by Crippen LogP contribution is 2.29. The van der Waals surface area contributed by atoms with Crippen molar-refractivity contribution >= 4 is 0 Å². The van der Waals surface area contributed by atoms with Crippen LogP contribution in [-0.2, 0) is 0 Å². The van der Waals surface area contributed by atoms with Crippen molar-refractivity contribution in [2.45, 2.75) is 109 Å². The second kappa shape index (κ2) is 12.6. The normalized spacial score (nSPS) is 17.7. The second-order valence-electron chi connectivity index (χ2n) is 6.79. The topological polar surface area (TPSA) is 38.0 Å². The Labute approximate surface area is 127 Å². The predicted octanol–water partition coefficient (Wildman–Crippen LogP) is 5.32. The molecule has 1 atom stereocenters. The first kappa shape index (κ1) is 18.0. The molecule has 0 aliphatic heterocycles. The van der Waals surface area contributed by atoms with Gasteiger partial charge in [-0.2, -0.15) is 0 Å². The summed E-state index contributed by atoms with van der Waals surface area (Å²) in [6.07, 6.45) is 21.1. The maximum Gasteiger partial charge on any atom is 0.0238 e. The summed E-state index contributed by atoms with van der Waals surface area (Å²) in [6.45, 7) is 2.29. The molecule has 0 spiro atoms. The number of rotatable bonds is 13. The van der Waals surface area contributed by atoms with Gasteiger partial charge >= 0.3 is 0 Å². The molecule has 0 amide bonds. The van der Waals surface area contributed by atoms with Gasteiger partial charge in [-0.05, 0) is 25.2 Å². The molecule has 0 heterocycles. The molecule has 1 fully saturated rings. The second-order valence-corrected chi connectivity index (χ2v) is 6.79. The molecule has 0 saturated heterocycles. The zero-order valence-electron chi connectivity index (χ0n) is 13.8. The molecule has 1 aliphatic rings. The van der Waals surface area contributed by atoms with E-state index in [-0.39, 0.29) is 0 Å². The fourth-order valence-corrected chi connectivity index (χ4v) is 3.67. The number of hydrogen-bond acceptors (Lipinski definition) is 2. The standard InChI is InChI=1S/C18H38N2/c1-2-3-4-5-6-7-8-9-10-11-16-18(20-19)17-14-12-13-15-17/h17-18,20H,2-16,19H2,1H3. The van der Waals surface area contributed by atoms with Gasteiger partial charge in [0.15, 0.2) is 0 Å². The minimum absolute atomic E-state index is 0.589. The van der Waals surface area contributed by atoms with Crippen molar-refractivity contribution in [3.8, 4) is 0 Å². The molecule has 0 bridgehead atoms. The molecule has 0 radical (unpaired) electrons. The van der Waals surface area contributed by atoms with E-state index >= 15 is 0 Å². The molecule has 1 saturated carbocycles. The molecule has 2 heteroatoms. The predicted molar refractivity (Wildman–Crippen MR) is 89.5 cm³/mol. The highest BCUT2D eigenvalue weighted by atomic mass is 15.2. The minimum Gasteiger partial charge on any atom is -0.271 e. The fourth-order valence-electron chi connectivity index (χ4n) is 3.67. The average Bonchev–Trinajstić information content (AvgIpc) is 2.99. The first-order valence-corrected chi connectivity index (χ1v) is 9.34. The monoisotopic (exact) mass is 282 g/mol. The molecule has 3 N–H and O–H groups in total. The van der Waals surface area contributed by atoms with Crippen LogP contribution in [0.2, 0.25) is 0 Å². The van der Waals surface area contributed by atoms with Gasteiger partial charge in [0, 0.05) is 6.04 Å². The Hall–Kier alpha value is -0.0800. The van der Waals surface area contributed by atoms with Crippen molar-refractivity contribution in [1.82, 2.24) is 5.43 Å². The Morgan fingerprint density at radius 2 is 1.35 bits per heavy atom. The zero-order chi connectivity index (χ0) is 14.5. The Morgan fingerprint density at radius 3 is 1.85 bits per heavy atom. The first-order valence-electron chi connectivity index (χ1n) is 9.34. The van der Waals surface area contributed by atoms with Crippen molar-refractivity contribution in [3.05, 3.63) is 0 Å². The Bertz CT molecular complexity index is 200. The van der Waals surface area contributed by atoms with Crippen LogP contribution in [0.15, 0.2) is 0 Å². The molecule has 0 aromatic carbocycles. The highest BCUT2D eigenvalue weighted by Gasteiger charge is 2.23. The third-order valence-corrected chi connectivity index (χ3v) is 5.05. The van der Waals surface area contributed by atoms with Crippen LogP contribution < -0.4 is 11.3 Å². The van der Waals surface area contributed by atoms with Gasteiger partial charge in [-0.1, -0.05) is 84.0 Å². The zero-order valence-corrected chi connectivity index (χ0v) is 13.8. The molecule has 0 aromatic rings. The Morgan fingerprint density at radius 1 is 0.850 bits per heavy atom. The quantitative estimate of drug-likeness (QED) is 0.272. The lowest BCUT2D eigenvalue weighted by Crippen LogP contribution is -2.39. The SMILES string of the molecule is CCCCCCCCCCCCC(NN)C1CCCC1. The van der Waals surface area contributed by atoms with Crippen molar-refractivity contribution in [1.29, 1.82) is 0 Å². The number of unbranched alkanes of at least 4 members (excludes halogenated alkanes) is 9. The first-order chi connectivity index (χ1) is 9.88. The maximum absolute atomic E-state index is 5.72. The lowest BCUT2D eigenvalue weighted by atomic mass is 9.93. The van der Waals surface area contributed by atoms with Crippen LogP contribution in [0.3, 0.4) is 0 Å². The van der Waals surface area contributed by atoms with Crippen LogP contribution >= 0.6 is 0 Å². The van der Waals surface area contributed by atoms with Crippen LogP contribution in [-0.4, -0.2) is 6.04 Å². The smallest absolute Gasteiger partial charge is 0.0238 e. The van der Waals surface area contributed by atoms with Crippen molar-refractivity contribution in [3.63, 3.8) is 0 Å². The van der Waals surface area contributed by atoms with Crippen LogP contribution in [0.1, 0.15) is 103 Å². The molecule has 1 aliphatic carbocycles. The summed E-state index contributed by atoms with van der Waals surface area (Å²) < 4.78 is 0. The minimum atomic E-state index is 0.589. The van der Waals surface area contributed by atoms with Crippen molar-refractivity contribution in [2.24, 2.45) is 11.8 Å². The molecular weight excluding hydrogens is 244 g/mol. The van der Waals surface area contributed by atoms with Gasteiger partial charge in [-0.25, -0.2) is 0 Å². The molecule has 20 heavy (non-hydrogen) atoms. The summed E-state index contributed by atoms with van der Waals surface area (Å²) in [7, 11) is 0. The largest absolute Gasteiger partial charge is 0.271 e. The van der Waals surface area contributed by atoms with Gasteiger partial charge in [-0.3, -0.25) is 11.3 Å². The fraction of sp³-hybridized carbons (Fsp3) is 1.00. The molecule has 120 valence electrons. The van der Waals surface area contributed by atoms with E-state index in [1.807, 2.05) is 0 Å². The van der Waals surface area contributed by atoms with Crippen molar-refractivity contribution in [2.75, 3.05) is 0 Å². The van der Waals surface area contributed by atoms with E-state index in [0.717, 1.165) is 5.92 Å². The van der Waals surface area contributed by atoms with E-state index in [1.54, 1.807) is 0 Å². The lowest BCUT2D eigenvalue weighted by Gasteiger charge is -2.22. The summed E-state index contributed by atoms with van der Waals surface area (Å²) >= 11 is 0. The summed E-state index contributed by atoms with van der Waals surface area (Å²) in [4.78, 5) is 0. The van der Waals surface area contributed by atoms with E-state index < -0.39 is 0 Å². The Kier molecular flexibility index (Phi) is 11.4. The molecular formula is C18H38N2. The number of hydrazine groups is 1.